The first-order valence-corrected chi connectivity index (χ1v) is 7.38. The average Bonchev–Trinajstić information content (AvgIpc) is 2.41. The van der Waals surface area contributed by atoms with Crippen LogP contribution < -0.4 is 10.6 Å². The fourth-order valence-corrected chi connectivity index (χ4v) is 1.95. The number of carbonyl (C=O) groups excluding carboxylic acids is 1. The van der Waals surface area contributed by atoms with Crippen LogP contribution in [0.25, 0.3) is 0 Å². The van der Waals surface area contributed by atoms with Gasteiger partial charge in [-0.3, -0.25) is 4.79 Å². The van der Waals surface area contributed by atoms with E-state index in [4.69, 9.17) is 23.2 Å². The molecule has 0 saturated carbocycles. The molecular weight excluding hydrogens is 323 g/mol. The maximum atomic E-state index is 12.2. The zero-order valence-electron chi connectivity index (χ0n) is 12.4. The first-order valence-electron chi connectivity index (χ1n) is 6.62. The monoisotopic (exact) mass is 338 g/mol. The van der Waals surface area contributed by atoms with Crippen molar-refractivity contribution in [1.29, 1.82) is 0 Å². The second-order valence-corrected chi connectivity index (χ2v) is 6.54. The van der Waals surface area contributed by atoms with Gasteiger partial charge < -0.3 is 10.6 Å². The van der Waals surface area contributed by atoms with E-state index in [1.54, 1.807) is 24.3 Å². The van der Waals surface area contributed by atoms with Crippen LogP contribution in [0.2, 0.25) is 10.0 Å². The van der Waals surface area contributed by atoms with Crippen molar-refractivity contribution >= 4 is 40.7 Å². The molecule has 0 spiro atoms. The number of aromatic nitrogens is 2. The van der Waals surface area contributed by atoms with E-state index in [9.17, 15) is 4.79 Å². The van der Waals surface area contributed by atoms with Crippen LogP contribution in [0.1, 0.15) is 31.3 Å². The Kier molecular flexibility index (Phi) is 4.88. The van der Waals surface area contributed by atoms with Gasteiger partial charge in [0.25, 0.3) is 5.91 Å². The van der Waals surface area contributed by atoms with Crippen LogP contribution in [-0.2, 0) is 0 Å². The molecule has 2 N–H and O–H groups in total. The van der Waals surface area contributed by atoms with E-state index in [0.29, 0.717) is 21.7 Å². The lowest BCUT2D eigenvalue weighted by molar-refractivity contribution is 0.102. The Morgan fingerprint density at radius 2 is 1.86 bits per heavy atom. The van der Waals surface area contributed by atoms with Crippen molar-refractivity contribution in [2.75, 3.05) is 10.6 Å². The van der Waals surface area contributed by atoms with E-state index < -0.39 is 0 Å². The van der Waals surface area contributed by atoms with Gasteiger partial charge in [-0.2, -0.15) is 0 Å². The normalized spacial score (nSPS) is 11.1. The highest BCUT2D eigenvalue weighted by atomic mass is 35.5. The molecule has 116 valence electrons. The smallest absolute Gasteiger partial charge is 0.274 e. The Bertz CT molecular complexity index is 698. The third-order valence-electron chi connectivity index (χ3n) is 2.55. The lowest BCUT2D eigenvalue weighted by atomic mass is 10.1. The van der Waals surface area contributed by atoms with Gasteiger partial charge in [0.05, 0.1) is 10.0 Å². The predicted molar refractivity (Wildman–Crippen MR) is 89.8 cm³/mol. The van der Waals surface area contributed by atoms with Crippen molar-refractivity contribution < 1.29 is 4.79 Å². The molecule has 0 aliphatic carbocycles. The van der Waals surface area contributed by atoms with Crippen LogP contribution in [0.15, 0.2) is 30.5 Å². The first kappa shape index (κ1) is 16.5. The largest absolute Gasteiger partial charge is 0.350 e. The summed E-state index contributed by atoms with van der Waals surface area (Å²) in [5.74, 6) is 0.0482. The Morgan fingerprint density at radius 1 is 1.14 bits per heavy atom. The molecular formula is C15H16Cl2N4O. The molecule has 0 saturated heterocycles. The summed E-state index contributed by atoms with van der Waals surface area (Å²) in [6.45, 7) is 5.95. The highest BCUT2D eigenvalue weighted by Crippen LogP contribution is 2.25. The minimum atomic E-state index is -0.349. The molecule has 0 radical (unpaired) electrons. The van der Waals surface area contributed by atoms with Gasteiger partial charge in [-0.25, -0.2) is 9.97 Å². The fraction of sp³-hybridized carbons (Fsp3) is 0.267. The number of halogens is 2. The average molecular weight is 339 g/mol. The maximum Gasteiger partial charge on any atom is 0.274 e. The van der Waals surface area contributed by atoms with Gasteiger partial charge in [0, 0.05) is 17.4 Å². The van der Waals surface area contributed by atoms with Crippen molar-refractivity contribution in [3.05, 3.63) is 46.2 Å². The van der Waals surface area contributed by atoms with Gasteiger partial charge in [0.2, 0.25) is 5.95 Å². The summed E-state index contributed by atoms with van der Waals surface area (Å²) in [6, 6.07) is 6.41. The van der Waals surface area contributed by atoms with Gasteiger partial charge in [-0.05, 0) is 45.0 Å². The molecule has 1 heterocycles. The van der Waals surface area contributed by atoms with Gasteiger partial charge in [-0.15, -0.1) is 0 Å². The predicted octanol–water partition coefficient (Wildman–Crippen LogP) is 4.25. The summed E-state index contributed by atoms with van der Waals surface area (Å²) in [5.41, 5.74) is 0.606. The minimum Gasteiger partial charge on any atom is -0.350 e. The van der Waals surface area contributed by atoms with E-state index in [0.717, 1.165) is 0 Å². The van der Waals surface area contributed by atoms with Crippen molar-refractivity contribution in [2.24, 2.45) is 0 Å². The number of amides is 1. The lowest BCUT2D eigenvalue weighted by Crippen LogP contribution is -2.28. The number of carbonyl (C=O) groups is 1. The third-order valence-corrected chi connectivity index (χ3v) is 3.29. The van der Waals surface area contributed by atoms with Crippen LogP contribution in [-0.4, -0.2) is 21.4 Å². The van der Waals surface area contributed by atoms with Crippen molar-refractivity contribution in [1.82, 2.24) is 9.97 Å². The lowest BCUT2D eigenvalue weighted by Gasteiger charge is -2.20. The van der Waals surface area contributed by atoms with Crippen molar-refractivity contribution in [3.63, 3.8) is 0 Å². The molecule has 1 amide bonds. The van der Waals surface area contributed by atoms with Crippen LogP contribution in [0, 0.1) is 0 Å². The fourth-order valence-electron chi connectivity index (χ4n) is 1.65. The molecule has 7 heteroatoms. The first-order chi connectivity index (χ1) is 10.2. The number of rotatable bonds is 3. The number of nitrogens with zero attached hydrogens (tertiary/aromatic N) is 2. The molecule has 22 heavy (non-hydrogen) atoms. The number of hydrogen-bond donors (Lipinski definition) is 2. The van der Waals surface area contributed by atoms with Gasteiger partial charge in [0.1, 0.15) is 5.69 Å². The molecule has 0 aliphatic heterocycles. The highest BCUT2D eigenvalue weighted by molar-refractivity contribution is 6.42. The second-order valence-electron chi connectivity index (χ2n) is 5.72. The quantitative estimate of drug-likeness (QED) is 0.877. The van der Waals surface area contributed by atoms with Gasteiger partial charge in [-0.1, -0.05) is 23.2 Å². The highest BCUT2D eigenvalue weighted by Gasteiger charge is 2.14. The van der Waals surface area contributed by atoms with Crippen LogP contribution >= 0.6 is 23.2 Å². The molecule has 2 rings (SSSR count). The number of nitrogens with one attached hydrogen (secondary N) is 2. The Labute approximate surface area is 139 Å². The van der Waals surface area contributed by atoms with E-state index >= 15 is 0 Å². The zero-order valence-corrected chi connectivity index (χ0v) is 14.0. The molecule has 5 nitrogen and oxygen atoms in total. The van der Waals surface area contributed by atoms with Gasteiger partial charge in [0.15, 0.2) is 0 Å². The Hall–Kier alpha value is -1.85. The van der Waals surface area contributed by atoms with Crippen LogP contribution in [0.3, 0.4) is 0 Å². The summed E-state index contributed by atoms with van der Waals surface area (Å²) in [7, 11) is 0. The molecule has 0 unspecified atom stereocenters. The minimum absolute atomic E-state index is 0.196. The third kappa shape index (κ3) is 4.58. The number of hydrogen-bond acceptors (Lipinski definition) is 4. The molecule has 0 aliphatic rings. The maximum absolute atomic E-state index is 12.2. The Morgan fingerprint density at radius 3 is 2.50 bits per heavy atom. The molecule has 0 atom stereocenters. The van der Waals surface area contributed by atoms with E-state index in [1.165, 1.54) is 6.20 Å². The van der Waals surface area contributed by atoms with E-state index in [2.05, 4.69) is 20.6 Å². The summed E-state index contributed by atoms with van der Waals surface area (Å²) >= 11 is 11.8. The zero-order chi connectivity index (χ0) is 16.3. The molecule has 0 bridgehead atoms. The summed E-state index contributed by atoms with van der Waals surface area (Å²) < 4.78 is 0. The van der Waals surface area contributed by atoms with Crippen LogP contribution in [0.5, 0.6) is 0 Å². The van der Waals surface area contributed by atoms with E-state index in [-0.39, 0.29) is 17.1 Å². The molecule has 0 fully saturated rings. The molecule has 1 aromatic heterocycles. The number of benzene rings is 1. The topological polar surface area (TPSA) is 66.9 Å². The van der Waals surface area contributed by atoms with Crippen molar-refractivity contribution in [3.8, 4) is 0 Å². The molecule has 2 aromatic rings. The standard InChI is InChI=1S/C15H16Cl2N4O/c1-15(2,3)21-14-18-7-6-12(20-14)13(22)19-9-4-5-10(16)11(17)8-9/h4-8H,1-3H3,(H,19,22)(H,18,20,21). The summed E-state index contributed by atoms with van der Waals surface area (Å²) in [4.78, 5) is 20.5. The second kappa shape index (κ2) is 6.50. The molecule has 1 aromatic carbocycles. The van der Waals surface area contributed by atoms with Crippen molar-refractivity contribution in [2.45, 2.75) is 26.3 Å². The van der Waals surface area contributed by atoms with Gasteiger partial charge >= 0.3 is 0 Å². The Balaban J connectivity index is 2.15. The SMILES string of the molecule is CC(C)(C)Nc1nccc(C(=O)Nc2ccc(Cl)c(Cl)c2)n1. The summed E-state index contributed by atoms with van der Waals surface area (Å²) in [5, 5.41) is 6.63. The number of anilines is 2. The van der Waals surface area contributed by atoms with E-state index in [1.807, 2.05) is 20.8 Å². The van der Waals surface area contributed by atoms with Crippen LogP contribution in [0.4, 0.5) is 11.6 Å². The summed E-state index contributed by atoms with van der Waals surface area (Å²) in [6.07, 6.45) is 1.53.